The molecule has 0 radical (unpaired) electrons. The Bertz CT molecular complexity index is 1950. The average molecular weight is 637 g/mol. The van der Waals surface area contributed by atoms with Crippen LogP contribution in [0.15, 0.2) is 61.2 Å². The van der Waals surface area contributed by atoms with Crippen LogP contribution in [0.3, 0.4) is 0 Å². The number of carbonyl (C=O) groups excluding carboxylic acids is 1. The minimum absolute atomic E-state index is 0.0628. The number of nitrogens with zero attached hydrogens (tertiary/aromatic N) is 5. The summed E-state index contributed by atoms with van der Waals surface area (Å²) in [6.07, 6.45) is 6.39. The lowest BCUT2D eigenvalue weighted by Crippen LogP contribution is -2.50. The molecule has 7 rings (SSSR count). The summed E-state index contributed by atoms with van der Waals surface area (Å²) in [5.41, 5.74) is 3.96. The smallest absolute Gasteiger partial charge is 0.410 e. The quantitative estimate of drug-likeness (QED) is 0.192. The lowest BCUT2D eigenvalue weighted by molar-refractivity contribution is -0.00735. The average Bonchev–Trinajstić information content (AvgIpc) is 3.53. The maximum Gasteiger partial charge on any atom is 0.410 e. The number of hydrogen-bond donors (Lipinski definition) is 1. The van der Waals surface area contributed by atoms with Crippen LogP contribution in [0.25, 0.3) is 21.9 Å². The van der Waals surface area contributed by atoms with Gasteiger partial charge in [0.1, 0.15) is 35.3 Å². The Kier molecular flexibility index (Phi) is 7.77. The van der Waals surface area contributed by atoms with Crippen LogP contribution in [0.1, 0.15) is 52.0 Å². The molecule has 3 atom stereocenters. The van der Waals surface area contributed by atoms with Crippen molar-refractivity contribution in [1.29, 1.82) is 0 Å². The number of ether oxygens (including phenoxy) is 4. The number of benzene rings is 3. The molecule has 0 aliphatic carbocycles. The Morgan fingerprint density at radius 2 is 1.70 bits per heavy atom. The molecular weight excluding hydrogens is 596 g/mol. The summed E-state index contributed by atoms with van der Waals surface area (Å²) < 4.78 is 26.2. The third-order valence-electron chi connectivity index (χ3n) is 8.87. The molecular formula is C36H40N6O5. The number of rotatable bonds is 7. The van der Waals surface area contributed by atoms with Gasteiger partial charge in [-0.15, -0.1) is 0 Å². The van der Waals surface area contributed by atoms with Crippen LogP contribution in [0.2, 0.25) is 0 Å². The van der Waals surface area contributed by atoms with Crippen LogP contribution in [-0.4, -0.2) is 61.4 Å². The van der Waals surface area contributed by atoms with E-state index >= 15 is 0 Å². The molecule has 11 nitrogen and oxygen atoms in total. The molecule has 2 aliphatic rings. The van der Waals surface area contributed by atoms with E-state index in [-0.39, 0.29) is 24.3 Å². The zero-order chi connectivity index (χ0) is 32.9. The van der Waals surface area contributed by atoms with Crippen molar-refractivity contribution < 1.29 is 23.7 Å². The van der Waals surface area contributed by atoms with E-state index in [1.807, 2.05) is 92.7 Å². The third kappa shape index (κ3) is 6.22. The van der Waals surface area contributed by atoms with Gasteiger partial charge in [-0.2, -0.15) is 0 Å². The largest absolute Gasteiger partial charge is 0.493 e. The molecule has 2 saturated heterocycles. The normalized spacial score (nSPS) is 19.2. The molecule has 0 saturated carbocycles. The number of aromatic nitrogens is 4. The lowest BCUT2D eigenvalue weighted by Gasteiger charge is -2.39. The highest BCUT2D eigenvalue weighted by Crippen LogP contribution is 2.41. The zero-order valence-electron chi connectivity index (χ0n) is 27.6. The van der Waals surface area contributed by atoms with Gasteiger partial charge in [-0.05, 0) is 82.5 Å². The van der Waals surface area contributed by atoms with Crippen molar-refractivity contribution in [2.24, 2.45) is 7.05 Å². The monoisotopic (exact) mass is 636 g/mol. The van der Waals surface area contributed by atoms with Crippen molar-refractivity contribution in [2.45, 2.75) is 77.2 Å². The molecule has 1 N–H and O–H groups in total. The van der Waals surface area contributed by atoms with Gasteiger partial charge in [0, 0.05) is 55.2 Å². The van der Waals surface area contributed by atoms with Crippen molar-refractivity contribution in [3.63, 3.8) is 0 Å². The fourth-order valence-corrected chi connectivity index (χ4v) is 6.72. The molecule has 244 valence electrons. The molecule has 11 heteroatoms. The molecule has 5 aromatic rings. The predicted molar refractivity (Wildman–Crippen MR) is 180 cm³/mol. The summed E-state index contributed by atoms with van der Waals surface area (Å²) >= 11 is 0. The Morgan fingerprint density at radius 1 is 0.915 bits per heavy atom. The second kappa shape index (κ2) is 11.9. The number of nitrogens with one attached hydrogen (secondary N) is 1. The van der Waals surface area contributed by atoms with Gasteiger partial charge in [-0.1, -0.05) is 0 Å². The van der Waals surface area contributed by atoms with E-state index in [0.29, 0.717) is 17.3 Å². The predicted octanol–water partition coefficient (Wildman–Crippen LogP) is 7.68. The number of aryl methyl sites for hydroxylation is 2. The molecule has 47 heavy (non-hydrogen) atoms. The number of piperidine rings is 1. The topological polar surface area (TPSA) is 113 Å². The minimum atomic E-state index is -0.527. The lowest BCUT2D eigenvalue weighted by atomic mass is 10.00. The van der Waals surface area contributed by atoms with Crippen molar-refractivity contribution in [3.8, 4) is 23.0 Å². The highest BCUT2D eigenvalue weighted by atomic mass is 16.6. The van der Waals surface area contributed by atoms with Crippen molar-refractivity contribution >= 4 is 39.5 Å². The van der Waals surface area contributed by atoms with Gasteiger partial charge >= 0.3 is 6.09 Å². The van der Waals surface area contributed by atoms with E-state index in [4.69, 9.17) is 18.9 Å². The second-order valence-corrected chi connectivity index (χ2v) is 13.4. The van der Waals surface area contributed by atoms with E-state index in [9.17, 15) is 4.79 Å². The molecule has 2 bridgehead atoms. The maximum absolute atomic E-state index is 13.0. The number of fused-ring (bicyclic) bond motifs is 4. The maximum atomic E-state index is 13.0. The zero-order valence-corrected chi connectivity index (χ0v) is 27.6. The van der Waals surface area contributed by atoms with Crippen LogP contribution in [0, 0.1) is 6.92 Å². The van der Waals surface area contributed by atoms with Gasteiger partial charge in [0.2, 0.25) is 0 Å². The molecule has 2 aromatic heterocycles. The van der Waals surface area contributed by atoms with E-state index in [2.05, 4.69) is 20.3 Å². The van der Waals surface area contributed by atoms with Crippen LogP contribution in [0.4, 0.5) is 16.3 Å². The van der Waals surface area contributed by atoms with E-state index in [0.717, 1.165) is 70.4 Å². The fourth-order valence-electron chi connectivity index (χ4n) is 6.72. The van der Waals surface area contributed by atoms with Crippen molar-refractivity contribution in [2.75, 3.05) is 12.4 Å². The number of hydrogen-bond acceptors (Lipinski definition) is 9. The van der Waals surface area contributed by atoms with Gasteiger partial charge in [0.25, 0.3) is 0 Å². The van der Waals surface area contributed by atoms with Gasteiger partial charge in [-0.3, -0.25) is 0 Å². The first-order valence-electron chi connectivity index (χ1n) is 16.0. The summed E-state index contributed by atoms with van der Waals surface area (Å²) in [7, 11) is 3.60. The first-order valence-corrected chi connectivity index (χ1v) is 16.0. The molecule has 1 unspecified atom stereocenters. The van der Waals surface area contributed by atoms with E-state index < -0.39 is 5.60 Å². The molecule has 0 spiro atoms. The van der Waals surface area contributed by atoms with Gasteiger partial charge in [0.15, 0.2) is 11.5 Å². The summed E-state index contributed by atoms with van der Waals surface area (Å²) in [6.45, 7) is 7.71. The Labute approximate surface area is 273 Å². The highest BCUT2D eigenvalue weighted by Gasteiger charge is 2.45. The first-order chi connectivity index (χ1) is 22.5. The molecule has 3 aromatic carbocycles. The number of anilines is 2. The Balaban J connectivity index is 1.09. The number of methoxy groups -OCH3 is 1. The van der Waals surface area contributed by atoms with Gasteiger partial charge in [0.05, 0.1) is 30.0 Å². The SMILES string of the molecule is COc1cc2ncnc(Nc3ccc(Oc4ccc5c(c4)ncn5C)c(C)c3)c2cc1OC1C[C@H]2CC[C@@H](C1)N2C(=O)OC(C)(C)C. The second-order valence-electron chi connectivity index (χ2n) is 13.4. The molecule has 1 amide bonds. The summed E-state index contributed by atoms with van der Waals surface area (Å²) in [6, 6.07) is 15.8. The fraction of sp³-hybridized carbons (Fsp3) is 0.389. The van der Waals surface area contributed by atoms with Gasteiger partial charge < -0.3 is 33.7 Å². The Hall–Kier alpha value is -5.06. The third-order valence-corrected chi connectivity index (χ3v) is 8.87. The molecule has 4 heterocycles. The Morgan fingerprint density at radius 3 is 2.43 bits per heavy atom. The van der Waals surface area contributed by atoms with Crippen LogP contribution < -0.4 is 19.5 Å². The number of imidazole rings is 1. The first kappa shape index (κ1) is 30.6. The van der Waals surface area contributed by atoms with Crippen LogP contribution in [-0.2, 0) is 11.8 Å². The van der Waals surface area contributed by atoms with Crippen LogP contribution in [0.5, 0.6) is 23.0 Å². The number of carbonyl (C=O) groups is 1. The number of amides is 1. The van der Waals surface area contributed by atoms with E-state index in [1.165, 1.54) is 6.33 Å². The summed E-state index contributed by atoms with van der Waals surface area (Å²) in [5.74, 6) is 3.36. The standard InChI is InChI=1S/C36H40N6O5/c1-21-13-22(7-12-31(21)45-25-10-11-30-29(16-25)39-20-41(30)5)40-34-27-17-33(32(44-6)18-28(27)37-19-38-34)46-26-14-23-8-9-24(15-26)42(23)35(43)47-36(2,3)4/h7,10-13,16-20,23-24,26H,8-9,14-15H2,1-6H3,(H,37,38,40)/t23-,24+,26?. The summed E-state index contributed by atoms with van der Waals surface area (Å²) in [4.78, 5) is 28.4. The summed E-state index contributed by atoms with van der Waals surface area (Å²) in [5, 5.41) is 4.27. The van der Waals surface area contributed by atoms with Crippen LogP contribution >= 0.6 is 0 Å². The molecule has 2 aliphatic heterocycles. The highest BCUT2D eigenvalue weighted by molar-refractivity contribution is 5.93. The minimum Gasteiger partial charge on any atom is -0.493 e. The molecule has 2 fully saturated rings. The van der Waals surface area contributed by atoms with Gasteiger partial charge in [-0.25, -0.2) is 19.7 Å². The van der Waals surface area contributed by atoms with Crippen molar-refractivity contribution in [3.05, 3.63) is 66.7 Å². The van der Waals surface area contributed by atoms with Crippen molar-refractivity contribution in [1.82, 2.24) is 24.4 Å². The van der Waals surface area contributed by atoms with E-state index in [1.54, 1.807) is 13.4 Å².